The van der Waals surface area contributed by atoms with Crippen LogP contribution < -0.4 is 11.5 Å². The zero-order chi connectivity index (χ0) is 11.6. The fraction of sp³-hybridized carbons (Fsp3) is 0.111. The van der Waals surface area contributed by atoms with Crippen molar-refractivity contribution in [1.82, 2.24) is 0 Å². The lowest BCUT2D eigenvalue weighted by molar-refractivity contribution is -0.149. The maximum absolute atomic E-state index is 10.7. The minimum atomic E-state index is -1.69. The highest BCUT2D eigenvalue weighted by Gasteiger charge is 2.29. The topological polar surface area (TPSA) is 127 Å². The van der Waals surface area contributed by atoms with Crippen LogP contribution in [0.1, 0.15) is 11.5 Å². The maximum atomic E-state index is 10.7. The summed E-state index contributed by atoms with van der Waals surface area (Å²) in [4.78, 5) is 21.5. The summed E-state index contributed by atoms with van der Waals surface area (Å²) >= 11 is 0. The average Bonchev–Trinajstić information content (AvgIpc) is 2.10. The third kappa shape index (κ3) is 2.16. The number of carboxylic acids is 2. The van der Waals surface area contributed by atoms with Crippen molar-refractivity contribution in [3.8, 4) is 0 Å². The summed E-state index contributed by atoms with van der Waals surface area (Å²) in [5.41, 5.74) is 11.3. The summed E-state index contributed by atoms with van der Waals surface area (Å²) < 4.78 is 0. The Morgan fingerprint density at radius 3 is 2.13 bits per heavy atom. The maximum Gasteiger partial charge on any atom is 0.322 e. The second-order valence-corrected chi connectivity index (χ2v) is 3.00. The quantitative estimate of drug-likeness (QED) is 0.414. The van der Waals surface area contributed by atoms with Gasteiger partial charge in [-0.15, -0.1) is 0 Å². The number of nitrogen functional groups attached to an aromatic ring is 2. The van der Waals surface area contributed by atoms with Crippen LogP contribution in [0.3, 0.4) is 0 Å². The minimum absolute atomic E-state index is 0.00463. The molecule has 0 saturated carbocycles. The molecule has 0 aromatic heterocycles. The number of hydrogen-bond donors (Lipinski definition) is 4. The molecule has 6 heteroatoms. The van der Waals surface area contributed by atoms with Crippen LogP contribution in [0, 0.1) is 0 Å². The first kappa shape index (κ1) is 10.8. The second-order valence-electron chi connectivity index (χ2n) is 3.00. The Hall–Kier alpha value is -2.24. The summed E-state index contributed by atoms with van der Waals surface area (Å²) in [6, 6.07) is 4.10. The molecular weight excluding hydrogens is 200 g/mol. The highest BCUT2D eigenvalue weighted by Crippen LogP contribution is 2.25. The molecule has 80 valence electrons. The van der Waals surface area contributed by atoms with E-state index >= 15 is 0 Å². The summed E-state index contributed by atoms with van der Waals surface area (Å²) in [7, 11) is 0. The van der Waals surface area contributed by atoms with Gasteiger partial charge in [-0.25, -0.2) is 0 Å². The van der Waals surface area contributed by atoms with Gasteiger partial charge in [0.15, 0.2) is 5.92 Å². The van der Waals surface area contributed by atoms with E-state index in [9.17, 15) is 9.59 Å². The Labute approximate surface area is 85.1 Å². The van der Waals surface area contributed by atoms with Crippen LogP contribution in [0.4, 0.5) is 11.4 Å². The van der Waals surface area contributed by atoms with Gasteiger partial charge in [-0.1, -0.05) is 0 Å². The van der Waals surface area contributed by atoms with Crippen LogP contribution in [-0.4, -0.2) is 22.2 Å². The Bertz CT molecular complexity index is 403. The van der Waals surface area contributed by atoms with E-state index in [0.29, 0.717) is 0 Å². The molecule has 0 spiro atoms. The molecule has 0 bridgehead atoms. The molecule has 0 saturated heterocycles. The van der Waals surface area contributed by atoms with Gasteiger partial charge in [0.25, 0.3) is 0 Å². The Balaban J connectivity index is 3.28. The number of nitrogens with two attached hydrogens (primary N) is 2. The number of carbonyl (C=O) groups is 2. The predicted octanol–water partition coefficient (Wildman–Crippen LogP) is 0.104. The predicted molar refractivity (Wildman–Crippen MR) is 53.3 cm³/mol. The highest BCUT2D eigenvalue weighted by molar-refractivity contribution is 6.00. The lowest BCUT2D eigenvalue weighted by Gasteiger charge is -2.11. The van der Waals surface area contributed by atoms with E-state index in [1.165, 1.54) is 18.2 Å². The molecule has 6 N–H and O–H groups in total. The van der Waals surface area contributed by atoms with Gasteiger partial charge in [0.2, 0.25) is 0 Å². The Morgan fingerprint density at radius 2 is 1.67 bits per heavy atom. The van der Waals surface area contributed by atoms with E-state index < -0.39 is 17.9 Å². The van der Waals surface area contributed by atoms with Crippen LogP contribution in [0.5, 0.6) is 0 Å². The van der Waals surface area contributed by atoms with Gasteiger partial charge in [0.1, 0.15) is 0 Å². The van der Waals surface area contributed by atoms with Gasteiger partial charge in [0, 0.05) is 16.9 Å². The summed E-state index contributed by atoms with van der Waals surface area (Å²) in [6.07, 6.45) is 0. The van der Waals surface area contributed by atoms with Crippen molar-refractivity contribution in [2.45, 2.75) is 5.92 Å². The fourth-order valence-corrected chi connectivity index (χ4v) is 1.21. The Morgan fingerprint density at radius 1 is 1.13 bits per heavy atom. The molecule has 0 aliphatic rings. The summed E-state index contributed by atoms with van der Waals surface area (Å²) in [5.74, 6) is -4.63. The van der Waals surface area contributed by atoms with Crippen molar-refractivity contribution in [3.63, 3.8) is 0 Å². The van der Waals surface area contributed by atoms with Crippen molar-refractivity contribution in [1.29, 1.82) is 0 Å². The van der Waals surface area contributed by atoms with Crippen LogP contribution in [0.2, 0.25) is 0 Å². The molecule has 0 aliphatic carbocycles. The highest BCUT2D eigenvalue weighted by atomic mass is 16.4. The van der Waals surface area contributed by atoms with E-state index in [1.54, 1.807) is 0 Å². The van der Waals surface area contributed by atoms with Crippen molar-refractivity contribution >= 4 is 23.3 Å². The van der Waals surface area contributed by atoms with Crippen LogP contribution in [0.15, 0.2) is 18.2 Å². The molecule has 0 atom stereocenters. The molecule has 1 aromatic rings. The van der Waals surface area contributed by atoms with Crippen molar-refractivity contribution in [2.75, 3.05) is 11.5 Å². The van der Waals surface area contributed by atoms with E-state index in [2.05, 4.69) is 0 Å². The number of anilines is 2. The fourth-order valence-electron chi connectivity index (χ4n) is 1.21. The number of carboxylic acid groups (broad SMARTS) is 2. The van der Waals surface area contributed by atoms with Crippen molar-refractivity contribution < 1.29 is 19.8 Å². The molecule has 0 amide bonds. The van der Waals surface area contributed by atoms with Gasteiger partial charge in [-0.2, -0.15) is 0 Å². The SMILES string of the molecule is Nc1ccc(N)c(C(C(=O)O)C(=O)O)c1. The molecule has 15 heavy (non-hydrogen) atoms. The first-order chi connectivity index (χ1) is 6.93. The van der Waals surface area contributed by atoms with Gasteiger partial charge in [-0.3, -0.25) is 9.59 Å². The summed E-state index contributed by atoms with van der Waals surface area (Å²) in [5, 5.41) is 17.5. The molecule has 0 fully saturated rings. The van der Waals surface area contributed by atoms with E-state index in [4.69, 9.17) is 21.7 Å². The number of hydrogen-bond acceptors (Lipinski definition) is 4. The van der Waals surface area contributed by atoms with E-state index in [1.807, 2.05) is 0 Å². The van der Waals surface area contributed by atoms with Crippen LogP contribution >= 0.6 is 0 Å². The third-order valence-electron chi connectivity index (χ3n) is 1.92. The van der Waals surface area contributed by atoms with Gasteiger partial charge >= 0.3 is 11.9 Å². The second kappa shape index (κ2) is 3.87. The monoisotopic (exact) mass is 210 g/mol. The van der Waals surface area contributed by atoms with Crippen LogP contribution in [0.25, 0.3) is 0 Å². The largest absolute Gasteiger partial charge is 0.480 e. The lowest BCUT2D eigenvalue weighted by atomic mass is 9.97. The molecular formula is C9H10N2O4. The number of rotatable bonds is 3. The lowest BCUT2D eigenvalue weighted by Crippen LogP contribution is -2.22. The smallest absolute Gasteiger partial charge is 0.322 e. The van der Waals surface area contributed by atoms with Gasteiger partial charge < -0.3 is 21.7 Å². The van der Waals surface area contributed by atoms with Gasteiger partial charge in [-0.05, 0) is 18.2 Å². The normalized spacial score (nSPS) is 10.2. The molecule has 1 rings (SSSR count). The first-order valence-electron chi connectivity index (χ1n) is 4.04. The zero-order valence-electron chi connectivity index (χ0n) is 7.68. The molecule has 1 aromatic carbocycles. The summed E-state index contributed by atoms with van der Waals surface area (Å²) in [6.45, 7) is 0. The molecule has 0 unspecified atom stereocenters. The van der Waals surface area contributed by atoms with E-state index in [0.717, 1.165) is 0 Å². The molecule has 0 heterocycles. The molecule has 0 radical (unpaired) electrons. The van der Waals surface area contributed by atoms with Crippen LogP contribution in [-0.2, 0) is 9.59 Å². The number of aliphatic carboxylic acids is 2. The molecule has 0 aliphatic heterocycles. The minimum Gasteiger partial charge on any atom is -0.480 e. The first-order valence-corrected chi connectivity index (χ1v) is 4.04. The average molecular weight is 210 g/mol. The Kier molecular flexibility index (Phi) is 2.80. The standard InChI is InChI=1S/C9H10N2O4/c10-4-1-2-6(11)5(3-4)7(8(12)13)9(14)15/h1-3,7H,10-11H2,(H,12,13)(H,14,15). The van der Waals surface area contributed by atoms with E-state index in [-0.39, 0.29) is 16.9 Å². The number of benzene rings is 1. The van der Waals surface area contributed by atoms with Gasteiger partial charge in [0.05, 0.1) is 0 Å². The van der Waals surface area contributed by atoms with Crippen molar-refractivity contribution in [3.05, 3.63) is 23.8 Å². The molecule has 6 nitrogen and oxygen atoms in total. The zero-order valence-corrected chi connectivity index (χ0v) is 7.68. The van der Waals surface area contributed by atoms with Crippen molar-refractivity contribution in [2.24, 2.45) is 0 Å². The third-order valence-corrected chi connectivity index (χ3v) is 1.92.